The van der Waals surface area contributed by atoms with Crippen molar-refractivity contribution >= 4 is 23.7 Å². The number of aromatic nitrogens is 2. The third kappa shape index (κ3) is 3.44. The van der Waals surface area contributed by atoms with Gasteiger partial charge in [-0.1, -0.05) is 0 Å². The van der Waals surface area contributed by atoms with Gasteiger partial charge in [-0.25, -0.2) is 14.8 Å². The highest BCUT2D eigenvalue weighted by molar-refractivity contribution is 6.19. The molecule has 0 bridgehead atoms. The van der Waals surface area contributed by atoms with Crippen molar-refractivity contribution in [3.63, 3.8) is 0 Å². The lowest BCUT2D eigenvalue weighted by atomic mass is 10.2. The van der Waals surface area contributed by atoms with Crippen LogP contribution < -0.4 is 5.43 Å². The zero-order chi connectivity index (χ0) is 18.9. The molecule has 25 heavy (non-hydrogen) atoms. The van der Waals surface area contributed by atoms with Crippen LogP contribution in [0.2, 0.25) is 0 Å². The lowest BCUT2D eigenvalue weighted by Gasteiger charge is -2.17. The lowest BCUT2D eigenvalue weighted by molar-refractivity contribution is -0.141. The first-order valence-electron chi connectivity index (χ1n) is 7.02. The van der Waals surface area contributed by atoms with Crippen LogP contribution in [0.1, 0.15) is 36.8 Å². The molecule has 0 atom stereocenters. The van der Waals surface area contributed by atoms with Crippen LogP contribution in [0.4, 0.5) is 19.1 Å². The fourth-order valence-electron chi connectivity index (χ4n) is 1.96. The van der Waals surface area contributed by atoms with E-state index in [-0.39, 0.29) is 17.8 Å². The van der Waals surface area contributed by atoms with E-state index in [4.69, 9.17) is 0 Å². The predicted octanol–water partition coefficient (Wildman–Crippen LogP) is 1.70. The summed E-state index contributed by atoms with van der Waals surface area (Å²) in [6.45, 7) is 4.12. The van der Waals surface area contributed by atoms with Crippen molar-refractivity contribution in [2.45, 2.75) is 26.9 Å². The molecule has 11 heteroatoms. The van der Waals surface area contributed by atoms with Crippen LogP contribution in [-0.4, -0.2) is 39.4 Å². The fraction of sp³-hybridized carbons (Fsp3) is 0.357. The van der Waals surface area contributed by atoms with E-state index >= 15 is 0 Å². The molecule has 0 aromatic carbocycles. The van der Waals surface area contributed by atoms with Crippen molar-refractivity contribution in [1.29, 1.82) is 0 Å². The van der Waals surface area contributed by atoms with Crippen molar-refractivity contribution in [3.8, 4) is 0 Å². The minimum Gasteiger partial charge on any atom is -0.462 e. The molecule has 1 aliphatic rings. The highest BCUT2D eigenvalue weighted by Gasteiger charge is 2.39. The summed E-state index contributed by atoms with van der Waals surface area (Å²) >= 11 is 0. The Balaban J connectivity index is 2.37. The molecule has 2 amide bonds. The molecule has 8 nitrogen and oxygen atoms in total. The molecule has 0 fully saturated rings. The molecule has 1 aromatic heterocycles. The highest BCUT2D eigenvalue weighted by atomic mass is 19.4. The molecule has 134 valence electrons. The molecule has 0 spiro atoms. The summed E-state index contributed by atoms with van der Waals surface area (Å²) in [6.07, 6.45) is -4.35. The number of nitrogens with zero attached hydrogens (tertiary/aromatic N) is 3. The number of imide groups is 1. The fourth-order valence-corrected chi connectivity index (χ4v) is 1.96. The molecule has 0 unspecified atom stereocenters. The number of ether oxygens (including phenoxy) is 1. The van der Waals surface area contributed by atoms with Crippen molar-refractivity contribution in [2.75, 3.05) is 12.0 Å². The monoisotopic (exact) mass is 358 g/mol. The smallest absolute Gasteiger partial charge is 0.434 e. The Hall–Kier alpha value is -2.98. The summed E-state index contributed by atoms with van der Waals surface area (Å²) in [5, 5.41) is 0.504. The van der Waals surface area contributed by atoms with E-state index in [9.17, 15) is 27.6 Å². The maximum Gasteiger partial charge on any atom is 0.434 e. The normalized spacial score (nSPS) is 15.0. The van der Waals surface area contributed by atoms with Crippen molar-refractivity contribution in [2.24, 2.45) is 0 Å². The number of amides is 2. The van der Waals surface area contributed by atoms with Gasteiger partial charge < -0.3 is 4.74 Å². The average Bonchev–Trinajstić information content (AvgIpc) is 2.72. The molecule has 1 aliphatic heterocycles. The maximum atomic E-state index is 13.1. The van der Waals surface area contributed by atoms with E-state index in [1.54, 1.807) is 0 Å². The molecular weight excluding hydrogens is 345 g/mol. The summed E-state index contributed by atoms with van der Waals surface area (Å²) in [5.74, 6) is -3.35. The van der Waals surface area contributed by atoms with Crippen LogP contribution in [0.5, 0.6) is 0 Å². The first-order valence-corrected chi connectivity index (χ1v) is 7.02. The third-order valence-corrected chi connectivity index (χ3v) is 3.37. The van der Waals surface area contributed by atoms with Gasteiger partial charge >= 0.3 is 12.1 Å². The second-order valence-corrected chi connectivity index (χ2v) is 4.98. The number of carbonyl (C=O) groups is 3. The average molecular weight is 358 g/mol. The lowest BCUT2D eigenvalue weighted by Crippen LogP contribution is -2.37. The summed E-state index contributed by atoms with van der Waals surface area (Å²) < 4.78 is 44.0. The topological polar surface area (TPSA) is 101 Å². The van der Waals surface area contributed by atoms with E-state index in [0.717, 1.165) is 0 Å². The van der Waals surface area contributed by atoms with Crippen molar-refractivity contribution in [1.82, 2.24) is 15.0 Å². The van der Waals surface area contributed by atoms with Crippen LogP contribution in [-0.2, 0) is 20.5 Å². The minimum atomic E-state index is -4.97. The SMILES string of the molecule is CCOC(=O)c1cnc(NN2C(=O)C(C)=C(C)C2=O)nc1C(F)(F)F. The number of nitrogens with one attached hydrogen (secondary N) is 1. The molecule has 0 radical (unpaired) electrons. The quantitative estimate of drug-likeness (QED) is 0.646. The summed E-state index contributed by atoms with van der Waals surface area (Å²) in [7, 11) is 0. The summed E-state index contributed by atoms with van der Waals surface area (Å²) in [4.78, 5) is 42.2. The number of halogens is 3. The van der Waals surface area contributed by atoms with Crippen LogP contribution >= 0.6 is 0 Å². The zero-order valence-corrected chi connectivity index (χ0v) is 13.4. The van der Waals surface area contributed by atoms with Crippen LogP contribution in [0, 0.1) is 0 Å². The first-order chi connectivity index (χ1) is 11.6. The van der Waals surface area contributed by atoms with Gasteiger partial charge in [-0.3, -0.25) is 15.0 Å². The molecule has 2 rings (SSSR count). The second-order valence-electron chi connectivity index (χ2n) is 4.98. The van der Waals surface area contributed by atoms with E-state index in [0.29, 0.717) is 11.2 Å². The molecule has 2 heterocycles. The molecule has 0 saturated heterocycles. The molecule has 1 aromatic rings. The summed E-state index contributed by atoms with van der Waals surface area (Å²) in [6, 6.07) is 0. The van der Waals surface area contributed by atoms with E-state index in [2.05, 4.69) is 20.1 Å². The number of hydrogen-bond acceptors (Lipinski definition) is 7. The Kier molecular flexibility index (Phi) is 4.77. The number of hydrazine groups is 1. The standard InChI is InChI=1S/C14H13F3N4O4/c1-4-25-12(24)8-5-18-13(19-9(8)14(15,16)17)20-21-10(22)6(2)7(3)11(21)23/h5H,4H2,1-3H3,(H,18,19,20). The first kappa shape index (κ1) is 18.4. The zero-order valence-electron chi connectivity index (χ0n) is 13.4. The van der Waals surface area contributed by atoms with Crippen molar-refractivity contribution in [3.05, 3.63) is 28.6 Å². The van der Waals surface area contributed by atoms with E-state index < -0.39 is 41.2 Å². The second kappa shape index (κ2) is 6.49. The van der Waals surface area contributed by atoms with Gasteiger partial charge in [0, 0.05) is 17.3 Å². The van der Waals surface area contributed by atoms with Gasteiger partial charge in [-0.15, -0.1) is 0 Å². The predicted molar refractivity (Wildman–Crippen MR) is 76.8 cm³/mol. The highest BCUT2D eigenvalue weighted by Crippen LogP contribution is 2.31. The molecule has 0 saturated carbocycles. The molecular formula is C14H13F3N4O4. The largest absolute Gasteiger partial charge is 0.462 e. The molecule has 1 N–H and O–H groups in total. The number of alkyl halides is 3. The van der Waals surface area contributed by atoms with E-state index in [1.165, 1.54) is 20.8 Å². The van der Waals surface area contributed by atoms with Crippen molar-refractivity contribution < 1.29 is 32.3 Å². The number of esters is 1. The Morgan fingerprint density at radius 3 is 2.28 bits per heavy atom. The Morgan fingerprint density at radius 2 is 1.80 bits per heavy atom. The Morgan fingerprint density at radius 1 is 1.24 bits per heavy atom. The van der Waals surface area contributed by atoms with Gasteiger partial charge in [0.05, 0.1) is 6.61 Å². The Bertz CT molecular complexity index is 765. The number of anilines is 1. The van der Waals surface area contributed by atoms with Gasteiger partial charge in [-0.05, 0) is 20.8 Å². The van der Waals surface area contributed by atoms with Gasteiger partial charge in [0.2, 0.25) is 5.95 Å². The van der Waals surface area contributed by atoms with Crippen LogP contribution in [0.25, 0.3) is 0 Å². The summed E-state index contributed by atoms with van der Waals surface area (Å²) in [5.41, 5.74) is 0.0207. The maximum absolute atomic E-state index is 13.1. The number of rotatable bonds is 4. The van der Waals surface area contributed by atoms with Gasteiger partial charge in [-0.2, -0.15) is 18.2 Å². The number of carbonyl (C=O) groups excluding carboxylic acids is 3. The van der Waals surface area contributed by atoms with Crippen LogP contribution in [0.15, 0.2) is 17.3 Å². The van der Waals surface area contributed by atoms with Gasteiger partial charge in [0.1, 0.15) is 5.56 Å². The van der Waals surface area contributed by atoms with E-state index in [1.807, 2.05) is 0 Å². The van der Waals surface area contributed by atoms with Crippen LogP contribution in [0.3, 0.4) is 0 Å². The molecule has 0 aliphatic carbocycles. The van der Waals surface area contributed by atoms with Gasteiger partial charge in [0.15, 0.2) is 5.69 Å². The number of hydrogen-bond donors (Lipinski definition) is 1. The Labute approximate surface area is 139 Å². The third-order valence-electron chi connectivity index (χ3n) is 3.37. The minimum absolute atomic E-state index is 0.128. The van der Waals surface area contributed by atoms with Gasteiger partial charge in [0.25, 0.3) is 11.8 Å².